The van der Waals surface area contributed by atoms with Gasteiger partial charge < -0.3 is 37.3 Å². The number of aromatic hydroxyl groups is 1. The number of nitrogens with zero attached hydrogens (tertiary/aromatic N) is 1. The third-order valence-electron chi connectivity index (χ3n) is 11.3. The molecule has 4 aromatic carbocycles. The van der Waals surface area contributed by atoms with Gasteiger partial charge in [-0.3, -0.25) is 19.4 Å². The van der Waals surface area contributed by atoms with Crippen molar-refractivity contribution in [2.75, 3.05) is 13.2 Å². The van der Waals surface area contributed by atoms with E-state index in [9.17, 15) is 24.3 Å². The van der Waals surface area contributed by atoms with Gasteiger partial charge in [-0.25, -0.2) is 4.79 Å². The van der Waals surface area contributed by atoms with Crippen LogP contribution in [0.3, 0.4) is 0 Å². The number of carbonyl (C=O) groups is 4. The zero-order valence-corrected chi connectivity index (χ0v) is 35.4. The largest absolute Gasteiger partial charge is 0.508 e. The maximum absolute atomic E-state index is 14.4. The fraction of sp³-hybridized carbons (Fsp3) is 0.449. The Morgan fingerprint density at radius 1 is 0.590 bits per heavy atom. The van der Waals surface area contributed by atoms with Crippen molar-refractivity contribution in [3.63, 3.8) is 0 Å². The molecule has 1 fully saturated rings. The van der Waals surface area contributed by atoms with Gasteiger partial charge in [0.2, 0.25) is 17.7 Å². The van der Waals surface area contributed by atoms with Crippen LogP contribution in [-0.4, -0.2) is 66.0 Å². The molecule has 0 bridgehead atoms. The van der Waals surface area contributed by atoms with Crippen LogP contribution >= 0.6 is 0 Å². The summed E-state index contributed by atoms with van der Waals surface area (Å²) in [6, 6.07) is 27.0. The Hall–Kier alpha value is -5.91. The smallest absolute Gasteiger partial charge is 0.328 e. The number of carbonyl (C=O) groups excluding carboxylic acids is 4. The Balaban J connectivity index is 1.43. The lowest BCUT2D eigenvalue weighted by atomic mass is 9.91. The number of benzene rings is 4. The molecular formula is C49H64N6O6. The minimum Gasteiger partial charge on any atom is -0.508 e. The van der Waals surface area contributed by atoms with Crippen LogP contribution in [0.25, 0.3) is 10.8 Å². The van der Waals surface area contributed by atoms with E-state index in [0.29, 0.717) is 19.3 Å². The van der Waals surface area contributed by atoms with Gasteiger partial charge in [0.25, 0.3) is 0 Å². The van der Waals surface area contributed by atoms with Crippen LogP contribution in [0, 0.1) is 5.92 Å². The maximum atomic E-state index is 14.4. The van der Waals surface area contributed by atoms with Crippen LogP contribution in [-0.2, 0) is 43.2 Å². The molecule has 4 atom stereocenters. The molecule has 0 saturated carbocycles. The Morgan fingerprint density at radius 3 is 1.85 bits per heavy atom. The fourth-order valence-corrected chi connectivity index (χ4v) is 7.88. The average Bonchev–Trinajstić information content (AvgIpc) is 3.25. The lowest BCUT2D eigenvalue weighted by Gasteiger charge is -2.26. The first-order valence-corrected chi connectivity index (χ1v) is 22.1. The topological polar surface area (TPSA) is 198 Å². The molecule has 326 valence electrons. The number of nitrogens with one attached hydrogen (secondary N) is 3. The van der Waals surface area contributed by atoms with Crippen LogP contribution in [0.1, 0.15) is 100 Å². The summed E-state index contributed by atoms with van der Waals surface area (Å²) in [4.78, 5) is 60.9. The van der Waals surface area contributed by atoms with E-state index in [1.54, 1.807) is 12.1 Å². The number of cyclic esters (lactones) is 1. The van der Waals surface area contributed by atoms with Crippen molar-refractivity contribution in [1.82, 2.24) is 16.0 Å². The first-order chi connectivity index (χ1) is 29.6. The molecule has 1 saturated heterocycles. The number of rotatable bonds is 10. The molecule has 12 heteroatoms. The zero-order chi connectivity index (χ0) is 43.2. The third-order valence-corrected chi connectivity index (χ3v) is 11.3. The molecule has 8 N–H and O–H groups in total. The molecule has 0 aromatic heterocycles. The molecule has 5 rings (SSSR count). The van der Waals surface area contributed by atoms with Gasteiger partial charge in [-0.1, -0.05) is 143 Å². The predicted molar refractivity (Wildman–Crippen MR) is 241 cm³/mol. The van der Waals surface area contributed by atoms with Gasteiger partial charge in [0.15, 0.2) is 5.96 Å². The molecule has 0 radical (unpaired) electrons. The Bertz CT molecular complexity index is 2020. The zero-order valence-electron chi connectivity index (χ0n) is 35.4. The fourth-order valence-electron chi connectivity index (χ4n) is 7.88. The van der Waals surface area contributed by atoms with Crippen LogP contribution in [0.15, 0.2) is 102 Å². The van der Waals surface area contributed by atoms with Crippen molar-refractivity contribution in [2.24, 2.45) is 22.4 Å². The lowest BCUT2D eigenvalue weighted by Crippen LogP contribution is -2.57. The quantitative estimate of drug-likeness (QED) is 0.0448. The van der Waals surface area contributed by atoms with E-state index in [1.807, 2.05) is 84.9 Å². The number of esters is 1. The number of fused-ring (bicyclic) bond motifs is 1. The highest BCUT2D eigenvalue weighted by Gasteiger charge is 2.32. The predicted octanol–water partition coefficient (Wildman–Crippen LogP) is 6.55. The number of aliphatic imine (C=N–C) groups is 1. The highest BCUT2D eigenvalue weighted by molar-refractivity contribution is 5.94. The summed E-state index contributed by atoms with van der Waals surface area (Å²) in [6.45, 7) is 0.462. The molecule has 3 amide bonds. The van der Waals surface area contributed by atoms with E-state index in [1.165, 1.54) is 0 Å². The van der Waals surface area contributed by atoms with E-state index >= 15 is 0 Å². The summed E-state index contributed by atoms with van der Waals surface area (Å²) in [6.07, 6.45) is 12.1. The van der Waals surface area contributed by atoms with E-state index in [-0.39, 0.29) is 50.0 Å². The second-order valence-corrected chi connectivity index (χ2v) is 16.3. The maximum Gasteiger partial charge on any atom is 0.328 e. The van der Waals surface area contributed by atoms with Crippen molar-refractivity contribution >= 4 is 40.4 Å². The number of hydrogen-bond acceptors (Lipinski definition) is 7. The highest BCUT2D eigenvalue weighted by atomic mass is 16.5. The van der Waals surface area contributed by atoms with Crippen LogP contribution in [0.5, 0.6) is 5.75 Å². The van der Waals surface area contributed by atoms with E-state index in [0.717, 1.165) is 91.7 Å². The number of guanidine groups is 1. The van der Waals surface area contributed by atoms with E-state index in [2.05, 4.69) is 20.9 Å². The summed E-state index contributed by atoms with van der Waals surface area (Å²) in [5.74, 6) is -2.28. The minimum absolute atomic E-state index is 0.0899. The molecule has 1 heterocycles. The number of nitrogens with two attached hydrogens (primary N) is 2. The molecule has 0 spiro atoms. The van der Waals surface area contributed by atoms with Crippen molar-refractivity contribution in [3.8, 4) is 5.75 Å². The normalized spacial score (nSPS) is 20.9. The molecule has 61 heavy (non-hydrogen) atoms. The SMILES string of the molecule is NC(N)=NCCC[C@@H]1NC(=O)[C@@H](Cc2ccccc2)NC(=O)[C@H](Cc2ccc(O)cc2)CCCCCCCCCCCCOC(=O)[C@H](Cc2ccc3ccccc3c2)NC1=O. The van der Waals surface area contributed by atoms with E-state index in [4.69, 9.17) is 16.2 Å². The summed E-state index contributed by atoms with van der Waals surface area (Å²) < 4.78 is 5.79. The van der Waals surface area contributed by atoms with Gasteiger partial charge in [0.05, 0.1) is 6.61 Å². The van der Waals surface area contributed by atoms with Gasteiger partial charge in [-0.2, -0.15) is 0 Å². The highest BCUT2D eigenvalue weighted by Crippen LogP contribution is 2.22. The molecule has 0 aliphatic carbocycles. The summed E-state index contributed by atoms with van der Waals surface area (Å²) in [5.41, 5.74) is 13.8. The minimum atomic E-state index is -1.10. The molecule has 0 unspecified atom stereocenters. The Labute approximate surface area is 360 Å². The van der Waals surface area contributed by atoms with E-state index < -0.39 is 41.8 Å². The van der Waals surface area contributed by atoms with Crippen LogP contribution in [0.2, 0.25) is 0 Å². The van der Waals surface area contributed by atoms with Crippen LogP contribution in [0.4, 0.5) is 0 Å². The van der Waals surface area contributed by atoms with Gasteiger partial charge in [0.1, 0.15) is 23.9 Å². The number of phenolic OH excluding ortho intramolecular Hbond substituents is 1. The molecular weight excluding hydrogens is 769 g/mol. The van der Waals surface area contributed by atoms with Crippen LogP contribution < -0.4 is 27.4 Å². The van der Waals surface area contributed by atoms with Crippen molar-refractivity contribution < 1.29 is 29.0 Å². The lowest BCUT2D eigenvalue weighted by molar-refractivity contribution is -0.148. The van der Waals surface area contributed by atoms with Crippen molar-refractivity contribution in [3.05, 3.63) is 114 Å². The molecule has 1 aliphatic heterocycles. The second kappa shape index (κ2) is 25.0. The summed E-state index contributed by atoms with van der Waals surface area (Å²) in [5, 5.41) is 20.9. The standard InChI is InChI=1S/C49H64N6O6/c50-49(51)52-29-16-22-42-46(58)55-44(34-37-23-26-38-19-13-14-20-39(38)32-37)48(60)61-30-15-8-6-4-2-1-3-5-7-12-21-40(31-36-24-27-41(56)28-25-36)45(57)54-43(47(59)53-42)33-35-17-10-9-11-18-35/h9-11,13-14,17-20,23-28,32,40,42-44,56H,1-8,12,15-16,21-22,29-31,33-34H2,(H,53,59)(H,54,57)(H,55,58)(H4,50,51,52)/t40-,42-,43+,44-/m0/s1. The van der Waals surface area contributed by atoms with Gasteiger partial charge in [-0.15, -0.1) is 0 Å². The van der Waals surface area contributed by atoms with Crippen molar-refractivity contribution in [1.29, 1.82) is 0 Å². The summed E-state index contributed by atoms with van der Waals surface area (Å²) >= 11 is 0. The van der Waals surface area contributed by atoms with Crippen molar-refractivity contribution in [2.45, 2.75) is 121 Å². The number of amides is 3. The summed E-state index contributed by atoms with van der Waals surface area (Å²) in [7, 11) is 0. The van der Waals surface area contributed by atoms with Gasteiger partial charge in [-0.05, 0) is 71.7 Å². The van der Waals surface area contributed by atoms with Gasteiger partial charge in [0, 0.05) is 25.3 Å². The monoisotopic (exact) mass is 832 g/mol. The Kier molecular flexibility index (Phi) is 18.9. The third kappa shape index (κ3) is 16.2. The first-order valence-electron chi connectivity index (χ1n) is 22.1. The first kappa shape index (κ1) is 46.2. The Morgan fingerprint density at radius 2 is 1.15 bits per heavy atom. The number of phenols is 1. The molecule has 12 nitrogen and oxygen atoms in total. The molecule has 4 aromatic rings. The van der Waals surface area contributed by atoms with Gasteiger partial charge >= 0.3 is 5.97 Å². The second-order valence-electron chi connectivity index (χ2n) is 16.3. The number of hydrogen-bond donors (Lipinski definition) is 6. The molecule has 1 aliphatic rings. The average molecular weight is 833 g/mol. The number of ether oxygens (including phenoxy) is 1.